The highest BCUT2D eigenvalue weighted by Crippen LogP contribution is 2.29. The van der Waals surface area contributed by atoms with Gasteiger partial charge in [0.1, 0.15) is 0 Å². The van der Waals surface area contributed by atoms with Gasteiger partial charge in [-0.3, -0.25) is 9.59 Å². The van der Waals surface area contributed by atoms with E-state index < -0.39 is 0 Å². The van der Waals surface area contributed by atoms with Crippen molar-refractivity contribution in [2.24, 2.45) is 17.6 Å². The van der Waals surface area contributed by atoms with Gasteiger partial charge in [0.25, 0.3) is 0 Å². The summed E-state index contributed by atoms with van der Waals surface area (Å²) < 4.78 is 0. The third-order valence-corrected chi connectivity index (χ3v) is 3.71. The summed E-state index contributed by atoms with van der Waals surface area (Å²) in [6.07, 6.45) is 3.99. The van der Waals surface area contributed by atoms with E-state index in [1.165, 1.54) is 4.90 Å². The molecule has 1 aliphatic rings. The maximum atomic E-state index is 12.2. The van der Waals surface area contributed by atoms with Gasteiger partial charge in [0.2, 0.25) is 11.8 Å². The van der Waals surface area contributed by atoms with Crippen LogP contribution in [0.25, 0.3) is 0 Å². The first-order valence-electron chi connectivity index (χ1n) is 6.61. The molecule has 1 fully saturated rings. The molecule has 1 rings (SSSR count). The molecule has 0 aliphatic heterocycles. The van der Waals surface area contributed by atoms with E-state index in [2.05, 4.69) is 0 Å². The second-order valence-corrected chi connectivity index (χ2v) is 5.45. The normalized spacial score (nSPS) is 23.6. The van der Waals surface area contributed by atoms with Crippen LogP contribution in [0.2, 0.25) is 0 Å². The van der Waals surface area contributed by atoms with Gasteiger partial charge in [0.05, 0.1) is 6.54 Å². The summed E-state index contributed by atoms with van der Waals surface area (Å²) in [6, 6.07) is 0. The largest absolute Gasteiger partial charge is 0.347 e. The molecule has 5 heteroatoms. The summed E-state index contributed by atoms with van der Waals surface area (Å²) >= 11 is 0. The summed E-state index contributed by atoms with van der Waals surface area (Å²) in [7, 11) is 5.10. The van der Waals surface area contributed by atoms with Crippen molar-refractivity contribution in [1.82, 2.24) is 9.80 Å². The lowest BCUT2D eigenvalue weighted by Crippen LogP contribution is -2.42. The van der Waals surface area contributed by atoms with Crippen LogP contribution in [0.3, 0.4) is 0 Å². The average molecular weight is 255 g/mol. The number of rotatable bonds is 4. The molecule has 2 amide bonds. The number of carbonyl (C=O) groups is 2. The maximum Gasteiger partial charge on any atom is 0.241 e. The van der Waals surface area contributed by atoms with E-state index in [0.717, 1.165) is 25.7 Å². The van der Waals surface area contributed by atoms with Crippen LogP contribution < -0.4 is 5.73 Å². The van der Waals surface area contributed by atoms with Crippen molar-refractivity contribution in [3.63, 3.8) is 0 Å². The van der Waals surface area contributed by atoms with Gasteiger partial charge in [0.15, 0.2) is 0 Å². The number of nitrogens with two attached hydrogens (primary N) is 1. The molecule has 2 N–H and O–H groups in total. The third-order valence-electron chi connectivity index (χ3n) is 3.71. The van der Waals surface area contributed by atoms with Crippen LogP contribution in [0.1, 0.15) is 25.7 Å². The average Bonchev–Trinajstić information content (AvgIpc) is 2.37. The summed E-state index contributed by atoms with van der Waals surface area (Å²) in [5.74, 6) is 0.554. The monoisotopic (exact) mass is 255 g/mol. The lowest BCUT2D eigenvalue weighted by atomic mass is 9.81. The van der Waals surface area contributed by atoms with E-state index in [0.29, 0.717) is 12.5 Å². The third kappa shape index (κ3) is 3.98. The van der Waals surface area contributed by atoms with E-state index >= 15 is 0 Å². The summed E-state index contributed by atoms with van der Waals surface area (Å²) in [6.45, 7) is 0.819. The fourth-order valence-electron chi connectivity index (χ4n) is 2.46. The van der Waals surface area contributed by atoms with E-state index in [-0.39, 0.29) is 24.3 Å². The molecule has 0 radical (unpaired) electrons. The van der Waals surface area contributed by atoms with Crippen LogP contribution in [-0.4, -0.2) is 55.8 Å². The van der Waals surface area contributed by atoms with Gasteiger partial charge in [-0.25, -0.2) is 0 Å². The minimum absolute atomic E-state index is 0.0444. The second kappa shape index (κ2) is 6.73. The van der Waals surface area contributed by atoms with Crippen molar-refractivity contribution >= 4 is 11.8 Å². The quantitative estimate of drug-likeness (QED) is 0.785. The molecule has 0 heterocycles. The maximum absolute atomic E-state index is 12.2. The molecule has 0 spiro atoms. The number of hydrogen-bond donors (Lipinski definition) is 1. The Hall–Kier alpha value is -1.10. The zero-order valence-corrected chi connectivity index (χ0v) is 11.7. The van der Waals surface area contributed by atoms with Gasteiger partial charge < -0.3 is 15.5 Å². The minimum Gasteiger partial charge on any atom is -0.347 e. The van der Waals surface area contributed by atoms with Gasteiger partial charge in [-0.1, -0.05) is 6.42 Å². The highest BCUT2D eigenvalue weighted by Gasteiger charge is 2.29. The topological polar surface area (TPSA) is 66.6 Å². The molecule has 104 valence electrons. The van der Waals surface area contributed by atoms with E-state index in [1.54, 1.807) is 26.0 Å². The second-order valence-electron chi connectivity index (χ2n) is 5.45. The van der Waals surface area contributed by atoms with Gasteiger partial charge >= 0.3 is 0 Å². The molecule has 0 bridgehead atoms. The molecule has 2 unspecified atom stereocenters. The van der Waals surface area contributed by atoms with Crippen LogP contribution >= 0.6 is 0 Å². The number of likely N-dealkylation sites (N-methyl/N-ethyl adjacent to an activating group) is 2. The van der Waals surface area contributed by atoms with Crippen molar-refractivity contribution in [2.45, 2.75) is 25.7 Å². The Kier molecular flexibility index (Phi) is 5.59. The molecular weight excluding hydrogens is 230 g/mol. The SMILES string of the molecule is CN(C)C(=O)CN(C)C(=O)C1CCCC(CN)C1. The molecule has 18 heavy (non-hydrogen) atoms. The Bertz CT molecular complexity index is 305. The molecule has 2 atom stereocenters. The zero-order chi connectivity index (χ0) is 13.7. The van der Waals surface area contributed by atoms with Crippen LogP contribution in [-0.2, 0) is 9.59 Å². The van der Waals surface area contributed by atoms with Crippen molar-refractivity contribution < 1.29 is 9.59 Å². The zero-order valence-electron chi connectivity index (χ0n) is 11.7. The lowest BCUT2D eigenvalue weighted by Gasteiger charge is -2.30. The van der Waals surface area contributed by atoms with Crippen molar-refractivity contribution in [2.75, 3.05) is 34.2 Å². The molecular formula is C13H25N3O2. The number of amides is 2. The molecule has 0 aromatic carbocycles. The van der Waals surface area contributed by atoms with Crippen LogP contribution in [0.4, 0.5) is 0 Å². The molecule has 0 saturated heterocycles. The van der Waals surface area contributed by atoms with Gasteiger partial charge in [-0.15, -0.1) is 0 Å². The van der Waals surface area contributed by atoms with Crippen molar-refractivity contribution in [3.05, 3.63) is 0 Å². The summed E-state index contributed by atoms with van der Waals surface area (Å²) in [5, 5.41) is 0. The Balaban J connectivity index is 2.50. The van der Waals surface area contributed by atoms with Gasteiger partial charge in [-0.2, -0.15) is 0 Å². The van der Waals surface area contributed by atoms with E-state index in [4.69, 9.17) is 5.73 Å². The van der Waals surface area contributed by atoms with Crippen LogP contribution in [0.5, 0.6) is 0 Å². The molecule has 1 aliphatic carbocycles. The number of hydrogen-bond acceptors (Lipinski definition) is 3. The van der Waals surface area contributed by atoms with Gasteiger partial charge in [0, 0.05) is 27.1 Å². The Labute approximate surface area is 109 Å². The van der Waals surface area contributed by atoms with Crippen molar-refractivity contribution in [3.8, 4) is 0 Å². The fourth-order valence-corrected chi connectivity index (χ4v) is 2.46. The summed E-state index contributed by atoms with van der Waals surface area (Å²) in [5.41, 5.74) is 5.68. The smallest absolute Gasteiger partial charge is 0.241 e. The van der Waals surface area contributed by atoms with Crippen LogP contribution in [0.15, 0.2) is 0 Å². The Morgan fingerprint density at radius 1 is 1.22 bits per heavy atom. The molecule has 0 aromatic heterocycles. The first-order valence-corrected chi connectivity index (χ1v) is 6.61. The van der Waals surface area contributed by atoms with Crippen LogP contribution in [0, 0.1) is 11.8 Å². The van der Waals surface area contributed by atoms with E-state index in [1.807, 2.05) is 0 Å². The predicted octanol–water partition coefficient (Wildman–Crippen LogP) is 0.298. The highest BCUT2D eigenvalue weighted by molar-refractivity contribution is 5.85. The lowest BCUT2D eigenvalue weighted by molar-refractivity contribution is -0.141. The standard InChI is InChI=1S/C13H25N3O2/c1-15(2)12(17)9-16(3)13(18)11-6-4-5-10(7-11)8-14/h10-11H,4-9,14H2,1-3H3. The minimum atomic E-state index is -0.0444. The molecule has 1 saturated carbocycles. The highest BCUT2D eigenvalue weighted by atomic mass is 16.2. The molecule has 0 aromatic rings. The van der Waals surface area contributed by atoms with E-state index in [9.17, 15) is 9.59 Å². The fraction of sp³-hybridized carbons (Fsp3) is 0.846. The van der Waals surface area contributed by atoms with Crippen molar-refractivity contribution in [1.29, 1.82) is 0 Å². The Morgan fingerprint density at radius 2 is 1.89 bits per heavy atom. The first-order chi connectivity index (χ1) is 8.45. The Morgan fingerprint density at radius 3 is 2.44 bits per heavy atom. The summed E-state index contributed by atoms with van der Waals surface area (Å²) in [4.78, 5) is 26.9. The van der Waals surface area contributed by atoms with Gasteiger partial charge in [-0.05, 0) is 31.7 Å². The molecule has 5 nitrogen and oxygen atoms in total. The first kappa shape index (κ1) is 15.0. The number of carbonyl (C=O) groups excluding carboxylic acids is 2. The predicted molar refractivity (Wildman–Crippen MR) is 70.8 cm³/mol. The number of nitrogens with zero attached hydrogens (tertiary/aromatic N) is 2.